The predicted molar refractivity (Wildman–Crippen MR) is 50.1 cm³/mol. The highest BCUT2D eigenvalue weighted by Crippen LogP contribution is 2.05. The third-order valence-corrected chi connectivity index (χ3v) is 2.21. The minimum Gasteiger partial charge on any atom is -0.364 e. The number of imide groups is 1. The van der Waals surface area contributed by atoms with Gasteiger partial charge in [0.05, 0.1) is 0 Å². The van der Waals surface area contributed by atoms with Crippen molar-refractivity contribution in [2.45, 2.75) is 18.9 Å². The summed E-state index contributed by atoms with van der Waals surface area (Å²) in [6, 6.07) is 0.697. The normalized spacial score (nSPS) is 20.4. The first-order chi connectivity index (χ1) is 7.66. The van der Waals surface area contributed by atoms with Crippen LogP contribution >= 0.6 is 0 Å². The van der Waals surface area contributed by atoms with E-state index in [0.717, 1.165) is 0 Å². The Balaban J connectivity index is 1.97. The van der Waals surface area contributed by atoms with Crippen molar-refractivity contribution in [2.24, 2.45) is 0 Å². The van der Waals surface area contributed by atoms with Crippen LogP contribution in [-0.4, -0.2) is 28.9 Å². The van der Waals surface area contributed by atoms with Crippen molar-refractivity contribution in [1.29, 1.82) is 0 Å². The lowest BCUT2D eigenvalue weighted by Crippen LogP contribution is -2.52. The van der Waals surface area contributed by atoms with Gasteiger partial charge >= 0.3 is 0 Å². The molecule has 1 saturated heterocycles. The van der Waals surface area contributed by atoms with Crippen LogP contribution in [0.1, 0.15) is 23.3 Å². The predicted octanol–water partition coefficient (Wildman–Crippen LogP) is -0.790. The SMILES string of the molecule is O=C1CCC(NC(=O)c2ccon2)C(=O)N1. The molecule has 1 atom stereocenters. The number of aromatic nitrogens is 1. The Labute approximate surface area is 90.2 Å². The molecule has 16 heavy (non-hydrogen) atoms. The molecule has 2 rings (SSSR count). The number of nitrogens with one attached hydrogen (secondary N) is 2. The number of hydrogen-bond acceptors (Lipinski definition) is 5. The van der Waals surface area contributed by atoms with Crippen molar-refractivity contribution in [3.63, 3.8) is 0 Å². The van der Waals surface area contributed by atoms with Crippen LogP contribution in [0.25, 0.3) is 0 Å². The average molecular weight is 223 g/mol. The van der Waals surface area contributed by atoms with Gasteiger partial charge in [-0.15, -0.1) is 0 Å². The van der Waals surface area contributed by atoms with Gasteiger partial charge in [-0.2, -0.15) is 0 Å². The summed E-state index contributed by atoms with van der Waals surface area (Å²) in [6.07, 6.45) is 1.78. The first-order valence-corrected chi connectivity index (χ1v) is 4.72. The number of carbonyl (C=O) groups is 3. The maximum Gasteiger partial charge on any atom is 0.274 e. The highest BCUT2D eigenvalue weighted by atomic mass is 16.5. The van der Waals surface area contributed by atoms with E-state index in [1.807, 2.05) is 0 Å². The van der Waals surface area contributed by atoms with Gasteiger partial charge in [0.15, 0.2) is 5.69 Å². The molecule has 1 aromatic rings. The summed E-state index contributed by atoms with van der Waals surface area (Å²) in [5.41, 5.74) is 0.102. The molecule has 0 saturated carbocycles. The van der Waals surface area contributed by atoms with E-state index in [4.69, 9.17) is 0 Å². The first-order valence-electron chi connectivity index (χ1n) is 4.72. The molecule has 0 aliphatic carbocycles. The maximum absolute atomic E-state index is 11.5. The van der Waals surface area contributed by atoms with Crippen molar-refractivity contribution >= 4 is 17.7 Å². The molecular weight excluding hydrogens is 214 g/mol. The minimum absolute atomic E-state index is 0.102. The zero-order valence-electron chi connectivity index (χ0n) is 8.23. The molecule has 1 aromatic heterocycles. The number of amides is 3. The molecule has 1 unspecified atom stereocenters. The third-order valence-electron chi connectivity index (χ3n) is 2.21. The zero-order chi connectivity index (χ0) is 11.5. The maximum atomic E-state index is 11.5. The second kappa shape index (κ2) is 4.13. The fourth-order valence-corrected chi connectivity index (χ4v) is 1.39. The number of carbonyl (C=O) groups excluding carboxylic acids is 3. The first kappa shape index (κ1) is 10.3. The smallest absolute Gasteiger partial charge is 0.274 e. The van der Waals surface area contributed by atoms with Gasteiger partial charge in [-0.05, 0) is 6.42 Å². The van der Waals surface area contributed by atoms with E-state index in [0.29, 0.717) is 6.42 Å². The van der Waals surface area contributed by atoms with Crippen LogP contribution < -0.4 is 10.6 Å². The van der Waals surface area contributed by atoms with Crippen LogP contribution in [0.15, 0.2) is 16.9 Å². The summed E-state index contributed by atoms with van der Waals surface area (Å²) in [4.78, 5) is 33.7. The quantitative estimate of drug-likeness (QED) is 0.640. The van der Waals surface area contributed by atoms with Gasteiger partial charge in [0.25, 0.3) is 5.91 Å². The van der Waals surface area contributed by atoms with E-state index in [1.165, 1.54) is 12.3 Å². The van der Waals surface area contributed by atoms with Crippen molar-refractivity contribution in [3.8, 4) is 0 Å². The molecule has 7 heteroatoms. The van der Waals surface area contributed by atoms with E-state index < -0.39 is 17.9 Å². The van der Waals surface area contributed by atoms with E-state index in [2.05, 4.69) is 20.3 Å². The molecule has 0 spiro atoms. The number of rotatable bonds is 2. The van der Waals surface area contributed by atoms with Gasteiger partial charge in [0.1, 0.15) is 12.3 Å². The Morgan fingerprint density at radius 3 is 3.00 bits per heavy atom. The summed E-state index contributed by atoms with van der Waals surface area (Å²) in [5, 5.41) is 8.05. The van der Waals surface area contributed by atoms with E-state index >= 15 is 0 Å². The standard InChI is InChI=1S/C9H9N3O4/c13-7-2-1-5(8(14)11-7)10-9(15)6-3-4-16-12-6/h3-5H,1-2H2,(H,10,15)(H,11,13,14). The fourth-order valence-electron chi connectivity index (χ4n) is 1.39. The topological polar surface area (TPSA) is 101 Å². The minimum atomic E-state index is -0.693. The van der Waals surface area contributed by atoms with Crippen molar-refractivity contribution in [3.05, 3.63) is 18.0 Å². The highest BCUT2D eigenvalue weighted by Gasteiger charge is 2.28. The molecule has 0 radical (unpaired) electrons. The van der Waals surface area contributed by atoms with E-state index in [9.17, 15) is 14.4 Å². The molecule has 0 bridgehead atoms. The highest BCUT2D eigenvalue weighted by molar-refractivity contribution is 6.03. The number of nitrogens with zero attached hydrogens (tertiary/aromatic N) is 1. The average Bonchev–Trinajstić information content (AvgIpc) is 2.75. The van der Waals surface area contributed by atoms with Crippen molar-refractivity contribution < 1.29 is 18.9 Å². The Morgan fingerprint density at radius 1 is 1.56 bits per heavy atom. The molecule has 1 aliphatic heterocycles. The third kappa shape index (κ3) is 2.08. The summed E-state index contributed by atoms with van der Waals surface area (Å²) < 4.78 is 4.50. The van der Waals surface area contributed by atoms with E-state index in [-0.39, 0.29) is 18.0 Å². The molecule has 2 N–H and O–H groups in total. The Hall–Kier alpha value is -2.18. The monoisotopic (exact) mass is 223 g/mol. The largest absolute Gasteiger partial charge is 0.364 e. The van der Waals surface area contributed by atoms with Crippen molar-refractivity contribution in [2.75, 3.05) is 0 Å². The lowest BCUT2D eigenvalue weighted by Gasteiger charge is -2.21. The molecule has 0 aromatic carbocycles. The molecule has 2 heterocycles. The molecule has 3 amide bonds. The second-order valence-corrected chi connectivity index (χ2v) is 3.36. The molecule has 84 valence electrons. The van der Waals surface area contributed by atoms with Gasteiger partial charge in [0.2, 0.25) is 11.8 Å². The summed E-state index contributed by atoms with van der Waals surface area (Å²) in [5.74, 6) is -1.31. The summed E-state index contributed by atoms with van der Waals surface area (Å²) in [6.45, 7) is 0. The van der Waals surface area contributed by atoms with Crippen LogP contribution in [0.5, 0.6) is 0 Å². The Morgan fingerprint density at radius 2 is 2.38 bits per heavy atom. The lowest BCUT2D eigenvalue weighted by atomic mass is 10.1. The lowest BCUT2D eigenvalue weighted by molar-refractivity contribution is -0.134. The zero-order valence-corrected chi connectivity index (χ0v) is 8.23. The van der Waals surface area contributed by atoms with Crippen molar-refractivity contribution in [1.82, 2.24) is 15.8 Å². The summed E-state index contributed by atoms with van der Waals surface area (Å²) >= 11 is 0. The van der Waals surface area contributed by atoms with Crippen LogP contribution in [0.4, 0.5) is 0 Å². The fraction of sp³-hybridized carbons (Fsp3) is 0.333. The molecule has 1 fully saturated rings. The van der Waals surface area contributed by atoms with E-state index in [1.54, 1.807) is 0 Å². The van der Waals surface area contributed by atoms with Crippen LogP contribution in [0.2, 0.25) is 0 Å². The van der Waals surface area contributed by atoms with Crippen LogP contribution in [0, 0.1) is 0 Å². The van der Waals surface area contributed by atoms with Gasteiger partial charge in [0, 0.05) is 12.5 Å². The van der Waals surface area contributed by atoms with Gasteiger partial charge in [-0.25, -0.2) is 0 Å². The Bertz CT molecular complexity index is 426. The molecule has 1 aliphatic rings. The van der Waals surface area contributed by atoms with Crippen LogP contribution in [-0.2, 0) is 9.59 Å². The summed E-state index contributed by atoms with van der Waals surface area (Å²) in [7, 11) is 0. The van der Waals surface area contributed by atoms with Gasteiger partial charge < -0.3 is 9.84 Å². The molecular formula is C9H9N3O4. The van der Waals surface area contributed by atoms with Gasteiger partial charge in [-0.1, -0.05) is 5.16 Å². The Kier molecular flexibility index (Phi) is 2.67. The van der Waals surface area contributed by atoms with Gasteiger partial charge in [-0.3, -0.25) is 19.7 Å². The number of hydrogen-bond donors (Lipinski definition) is 2. The van der Waals surface area contributed by atoms with Crippen LogP contribution in [0.3, 0.4) is 0 Å². The number of piperidine rings is 1. The molecule has 7 nitrogen and oxygen atoms in total. The second-order valence-electron chi connectivity index (χ2n) is 3.36.